The molecule has 0 amide bonds. The molecule has 1 heterocycles. The summed E-state index contributed by atoms with van der Waals surface area (Å²) < 4.78 is 0. The first-order valence-electron chi connectivity index (χ1n) is 4.07. The minimum Gasteiger partial charge on any atom is -0.326 e. The van der Waals surface area contributed by atoms with Crippen LogP contribution in [0.25, 0.3) is 0 Å². The van der Waals surface area contributed by atoms with Crippen LogP contribution in [0.4, 0.5) is 0 Å². The lowest BCUT2D eigenvalue weighted by Crippen LogP contribution is -2.00. The largest absolute Gasteiger partial charge is 0.326 e. The predicted molar refractivity (Wildman–Crippen MR) is 53.3 cm³/mol. The van der Waals surface area contributed by atoms with Crippen molar-refractivity contribution >= 4 is 11.8 Å². The molecule has 0 saturated carbocycles. The fraction of sp³-hybridized carbons (Fsp3) is 0.444. The minimum atomic E-state index is 0.579. The standard InChI is InChI=1S/C9H14N2S/c1-3-12-9-8(6-10)5-4-7(2)11-9/h4-5H,3,6,10H2,1-2H3. The lowest BCUT2D eigenvalue weighted by molar-refractivity contribution is 0.942. The number of thioether (sulfide) groups is 1. The summed E-state index contributed by atoms with van der Waals surface area (Å²) in [7, 11) is 0. The van der Waals surface area contributed by atoms with Crippen molar-refractivity contribution in [2.75, 3.05) is 5.75 Å². The molecule has 0 spiro atoms. The Bertz CT molecular complexity index is 261. The zero-order chi connectivity index (χ0) is 8.97. The average Bonchev–Trinajstić information content (AvgIpc) is 2.05. The van der Waals surface area contributed by atoms with Crippen LogP contribution >= 0.6 is 11.8 Å². The van der Waals surface area contributed by atoms with E-state index in [4.69, 9.17) is 5.73 Å². The van der Waals surface area contributed by atoms with Gasteiger partial charge in [0.25, 0.3) is 0 Å². The smallest absolute Gasteiger partial charge is 0.101 e. The summed E-state index contributed by atoms with van der Waals surface area (Å²) in [5.74, 6) is 1.05. The van der Waals surface area contributed by atoms with Crippen molar-refractivity contribution in [3.05, 3.63) is 23.4 Å². The molecule has 0 aliphatic rings. The number of aromatic nitrogens is 1. The third-order valence-corrected chi connectivity index (χ3v) is 2.49. The number of nitrogens with two attached hydrogens (primary N) is 1. The lowest BCUT2D eigenvalue weighted by Gasteiger charge is -2.05. The van der Waals surface area contributed by atoms with Crippen LogP contribution in [0.5, 0.6) is 0 Å². The third-order valence-electron chi connectivity index (χ3n) is 1.58. The van der Waals surface area contributed by atoms with Crippen molar-refractivity contribution in [1.82, 2.24) is 4.98 Å². The maximum Gasteiger partial charge on any atom is 0.101 e. The van der Waals surface area contributed by atoms with E-state index in [0.29, 0.717) is 6.54 Å². The predicted octanol–water partition coefficient (Wildman–Crippen LogP) is 1.96. The van der Waals surface area contributed by atoms with Crippen molar-refractivity contribution in [3.8, 4) is 0 Å². The van der Waals surface area contributed by atoms with Gasteiger partial charge < -0.3 is 5.73 Å². The molecule has 0 saturated heterocycles. The summed E-state index contributed by atoms with van der Waals surface area (Å²) in [6.07, 6.45) is 0. The zero-order valence-corrected chi connectivity index (χ0v) is 8.32. The normalized spacial score (nSPS) is 10.2. The summed E-state index contributed by atoms with van der Waals surface area (Å²) in [5.41, 5.74) is 7.78. The van der Waals surface area contributed by atoms with Crippen LogP contribution < -0.4 is 5.73 Å². The zero-order valence-electron chi connectivity index (χ0n) is 7.50. The molecule has 0 atom stereocenters. The number of aryl methyl sites for hydroxylation is 1. The number of rotatable bonds is 3. The number of hydrogen-bond donors (Lipinski definition) is 1. The summed E-state index contributed by atoms with van der Waals surface area (Å²) in [6.45, 7) is 4.70. The highest BCUT2D eigenvalue weighted by Gasteiger charge is 2.01. The maximum absolute atomic E-state index is 5.58. The number of pyridine rings is 1. The molecule has 0 aromatic carbocycles. The van der Waals surface area contributed by atoms with Crippen LogP contribution in [0.2, 0.25) is 0 Å². The maximum atomic E-state index is 5.58. The van der Waals surface area contributed by atoms with Crippen LogP contribution in [0, 0.1) is 6.92 Å². The minimum absolute atomic E-state index is 0.579. The van der Waals surface area contributed by atoms with E-state index in [-0.39, 0.29) is 0 Å². The summed E-state index contributed by atoms with van der Waals surface area (Å²) in [5, 5.41) is 1.08. The van der Waals surface area contributed by atoms with Crippen LogP contribution in [0.1, 0.15) is 18.2 Å². The van der Waals surface area contributed by atoms with Gasteiger partial charge in [-0.25, -0.2) is 4.98 Å². The Morgan fingerprint density at radius 3 is 2.83 bits per heavy atom. The molecule has 2 N–H and O–H groups in total. The van der Waals surface area contributed by atoms with E-state index in [9.17, 15) is 0 Å². The van der Waals surface area contributed by atoms with Crippen LogP contribution in [-0.4, -0.2) is 10.7 Å². The Morgan fingerprint density at radius 2 is 2.25 bits per heavy atom. The second kappa shape index (κ2) is 4.48. The van der Waals surface area contributed by atoms with Crippen molar-refractivity contribution in [2.24, 2.45) is 5.73 Å². The molecule has 0 aliphatic carbocycles. The van der Waals surface area contributed by atoms with Crippen molar-refractivity contribution < 1.29 is 0 Å². The second-order valence-corrected chi connectivity index (χ2v) is 3.81. The molecule has 0 aliphatic heterocycles. The highest BCUT2D eigenvalue weighted by atomic mass is 32.2. The topological polar surface area (TPSA) is 38.9 Å². The Labute approximate surface area is 77.6 Å². The second-order valence-electron chi connectivity index (χ2n) is 2.55. The van der Waals surface area contributed by atoms with E-state index in [1.807, 2.05) is 13.0 Å². The van der Waals surface area contributed by atoms with Gasteiger partial charge in [0.15, 0.2) is 0 Å². The molecule has 0 unspecified atom stereocenters. The fourth-order valence-corrected chi connectivity index (χ4v) is 1.80. The fourth-order valence-electron chi connectivity index (χ4n) is 0.979. The number of nitrogens with zero attached hydrogens (tertiary/aromatic N) is 1. The van der Waals surface area contributed by atoms with E-state index in [0.717, 1.165) is 22.0 Å². The van der Waals surface area contributed by atoms with Crippen LogP contribution in [0.15, 0.2) is 17.2 Å². The van der Waals surface area contributed by atoms with Gasteiger partial charge in [0, 0.05) is 12.2 Å². The molecule has 3 heteroatoms. The van der Waals surface area contributed by atoms with Gasteiger partial charge in [0.2, 0.25) is 0 Å². The molecular formula is C9H14N2S. The van der Waals surface area contributed by atoms with E-state index < -0.39 is 0 Å². The summed E-state index contributed by atoms with van der Waals surface area (Å²) in [6, 6.07) is 4.06. The Hall–Kier alpha value is -0.540. The molecule has 66 valence electrons. The Kier molecular flexibility index (Phi) is 3.56. The molecule has 0 fully saturated rings. The van der Waals surface area contributed by atoms with Gasteiger partial charge in [-0.15, -0.1) is 11.8 Å². The summed E-state index contributed by atoms with van der Waals surface area (Å²) >= 11 is 1.75. The van der Waals surface area contributed by atoms with Gasteiger partial charge in [-0.1, -0.05) is 13.0 Å². The molecule has 12 heavy (non-hydrogen) atoms. The van der Waals surface area contributed by atoms with Gasteiger partial charge >= 0.3 is 0 Å². The van der Waals surface area contributed by atoms with Crippen molar-refractivity contribution in [2.45, 2.75) is 25.4 Å². The molecular weight excluding hydrogens is 168 g/mol. The first-order chi connectivity index (χ1) is 5.77. The van der Waals surface area contributed by atoms with E-state index in [1.165, 1.54) is 0 Å². The molecule has 2 nitrogen and oxygen atoms in total. The van der Waals surface area contributed by atoms with Crippen LogP contribution in [-0.2, 0) is 6.54 Å². The highest BCUT2D eigenvalue weighted by Crippen LogP contribution is 2.19. The van der Waals surface area contributed by atoms with Crippen molar-refractivity contribution in [1.29, 1.82) is 0 Å². The lowest BCUT2D eigenvalue weighted by atomic mass is 10.2. The molecule has 1 aromatic heterocycles. The van der Waals surface area contributed by atoms with Gasteiger partial charge in [-0.2, -0.15) is 0 Å². The molecule has 0 radical (unpaired) electrons. The van der Waals surface area contributed by atoms with E-state index in [2.05, 4.69) is 18.0 Å². The first kappa shape index (κ1) is 9.55. The Morgan fingerprint density at radius 1 is 1.50 bits per heavy atom. The first-order valence-corrected chi connectivity index (χ1v) is 5.06. The SMILES string of the molecule is CCSc1nc(C)ccc1CN. The van der Waals surface area contributed by atoms with E-state index in [1.54, 1.807) is 11.8 Å². The van der Waals surface area contributed by atoms with Gasteiger partial charge in [-0.3, -0.25) is 0 Å². The quantitative estimate of drug-likeness (QED) is 0.726. The van der Waals surface area contributed by atoms with E-state index >= 15 is 0 Å². The van der Waals surface area contributed by atoms with Gasteiger partial charge in [0.1, 0.15) is 5.03 Å². The highest BCUT2D eigenvalue weighted by molar-refractivity contribution is 7.99. The molecule has 1 rings (SSSR count). The monoisotopic (exact) mass is 182 g/mol. The average molecular weight is 182 g/mol. The third kappa shape index (κ3) is 2.22. The van der Waals surface area contributed by atoms with Gasteiger partial charge in [-0.05, 0) is 24.3 Å². The number of hydrogen-bond acceptors (Lipinski definition) is 3. The molecule has 1 aromatic rings. The molecule has 0 bridgehead atoms. The van der Waals surface area contributed by atoms with Gasteiger partial charge in [0.05, 0.1) is 0 Å². The summed E-state index contributed by atoms with van der Waals surface area (Å²) in [4.78, 5) is 4.42. The van der Waals surface area contributed by atoms with Crippen LogP contribution in [0.3, 0.4) is 0 Å². The Balaban J connectivity index is 2.95. The van der Waals surface area contributed by atoms with Crippen molar-refractivity contribution in [3.63, 3.8) is 0 Å².